The molecule has 0 aliphatic heterocycles. The quantitative estimate of drug-likeness (QED) is 0.416. The molecule has 0 radical (unpaired) electrons. The molecule has 4 rings (SSSR count). The highest BCUT2D eigenvalue weighted by Gasteiger charge is 2.21. The highest BCUT2D eigenvalue weighted by atomic mass is 19.1. The molecule has 0 spiro atoms. The highest BCUT2D eigenvalue weighted by Crippen LogP contribution is 2.29. The van der Waals surface area contributed by atoms with Crippen LogP contribution in [0.1, 0.15) is 21.5 Å². The van der Waals surface area contributed by atoms with E-state index in [0.29, 0.717) is 22.5 Å². The monoisotopic (exact) mass is 457 g/mol. The number of hydrogen-bond acceptors (Lipinski definition) is 4. The number of anilines is 1. The van der Waals surface area contributed by atoms with Gasteiger partial charge in [0.1, 0.15) is 5.82 Å². The third-order valence-corrected chi connectivity index (χ3v) is 5.63. The first-order chi connectivity index (χ1) is 16.3. The number of aryl methyl sites for hydroxylation is 1. The van der Waals surface area contributed by atoms with Crippen molar-refractivity contribution >= 4 is 17.5 Å². The number of carbonyl (C=O) groups excluding carboxylic acids is 2. The van der Waals surface area contributed by atoms with Gasteiger partial charge >= 0.3 is 0 Å². The smallest absolute Gasteiger partial charge is 0.254 e. The van der Waals surface area contributed by atoms with E-state index in [0.717, 1.165) is 16.8 Å². The average Bonchev–Trinajstić information content (AvgIpc) is 3.32. The standard InChI is InChI=1S/C27H24FN3O3/c1-17-7-6-10-23(18(17)2)30-25(32)16-31(3)27(33)22-9-5-4-8-21(22)26-29-15-24(34-26)19-11-13-20(28)14-12-19/h4-15H,16H2,1-3H3,(H,30,32). The molecule has 1 aromatic heterocycles. The molecule has 34 heavy (non-hydrogen) atoms. The van der Waals surface area contributed by atoms with Gasteiger partial charge in [-0.3, -0.25) is 9.59 Å². The molecule has 0 unspecified atom stereocenters. The number of nitrogens with one attached hydrogen (secondary N) is 1. The van der Waals surface area contributed by atoms with Crippen LogP contribution in [0.2, 0.25) is 0 Å². The molecule has 1 heterocycles. The van der Waals surface area contributed by atoms with Crippen molar-refractivity contribution < 1.29 is 18.4 Å². The predicted molar refractivity (Wildman–Crippen MR) is 129 cm³/mol. The van der Waals surface area contributed by atoms with Crippen molar-refractivity contribution in [1.29, 1.82) is 0 Å². The average molecular weight is 458 g/mol. The summed E-state index contributed by atoms with van der Waals surface area (Å²) in [5.41, 5.74) is 4.31. The van der Waals surface area contributed by atoms with Gasteiger partial charge in [0.05, 0.1) is 18.3 Å². The van der Waals surface area contributed by atoms with Gasteiger partial charge in [-0.2, -0.15) is 0 Å². The van der Waals surface area contributed by atoms with Gasteiger partial charge in [-0.25, -0.2) is 9.37 Å². The largest absolute Gasteiger partial charge is 0.436 e. The first-order valence-corrected chi connectivity index (χ1v) is 10.8. The predicted octanol–water partition coefficient (Wildman–Crippen LogP) is 5.48. The van der Waals surface area contributed by atoms with Crippen LogP contribution in [0.15, 0.2) is 77.3 Å². The van der Waals surface area contributed by atoms with Gasteiger partial charge in [-0.05, 0) is 67.4 Å². The molecule has 0 saturated heterocycles. The maximum atomic E-state index is 13.2. The summed E-state index contributed by atoms with van der Waals surface area (Å²) in [5.74, 6) is -0.260. The zero-order valence-corrected chi connectivity index (χ0v) is 19.1. The fraction of sp³-hybridized carbons (Fsp3) is 0.148. The Hall–Kier alpha value is -4.26. The number of nitrogens with zero attached hydrogens (tertiary/aromatic N) is 2. The second-order valence-electron chi connectivity index (χ2n) is 8.04. The molecule has 2 amide bonds. The summed E-state index contributed by atoms with van der Waals surface area (Å²) in [6, 6.07) is 18.5. The van der Waals surface area contributed by atoms with Gasteiger partial charge in [-0.1, -0.05) is 24.3 Å². The molecule has 1 N–H and O–H groups in total. The minimum atomic E-state index is -0.343. The maximum Gasteiger partial charge on any atom is 0.254 e. The van der Waals surface area contributed by atoms with Crippen LogP contribution in [0.25, 0.3) is 22.8 Å². The number of amides is 2. The summed E-state index contributed by atoms with van der Waals surface area (Å²) in [7, 11) is 1.57. The number of hydrogen-bond donors (Lipinski definition) is 1. The van der Waals surface area contributed by atoms with Gasteiger partial charge in [-0.15, -0.1) is 0 Å². The molecule has 0 bridgehead atoms. The number of aromatic nitrogens is 1. The maximum absolute atomic E-state index is 13.2. The molecular weight excluding hydrogens is 433 g/mol. The Bertz CT molecular complexity index is 1350. The summed E-state index contributed by atoms with van der Waals surface area (Å²) in [4.78, 5) is 31.5. The zero-order chi connectivity index (χ0) is 24.2. The second kappa shape index (κ2) is 9.70. The van der Waals surface area contributed by atoms with Gasteiger partial charge in [0.25, 0.3) is 5.91 Å². The van der Waals surface area contributed by atoms with E-state index in [2.05, 4.69) is 10.3 Å². The normalized spacial score (nSPS) is 10.7. The molecular formula is C27H24FN3O3. The van der Waals surface area contributed by atoms with E-state index in [-0.39, 0.29) is 30.1 Å². The van der Waals surface area contributed by atoms with E-state index < -0.39 is 0 Å². The van der Waals surface area contributed by atoms with Crippen molar-refractivity contribution in [2.24, 2.45) is 0 Å². The minimum Gasteiger partial charge on any atom is -0.436 e. The minimum absolute atomic E-state index is 0.118. The van der Waals surface area contributed by atoms with Gasteiger partial charge < -0.3 is 14.6 Å². The van der Waals surface area contributed by atoms with Crippen molar-refractivity contribution in [2.75, 3.05) is 18.9 Å². The molecule has 3 aromatic carbocycles. The van der Waals surface area contributed by atoms with Crippen LogP contribution in [0.4, 0.5) is 10.1 Å². The summed E-state index contributed by atoms with van der Waals surface area (Å²) in [5, 5.41) is 2.87. The molecule has 172 valence electrons. The number of carbonyl (C=O) groups is 2. The lowest BCUT2D eigenvalue weighted by molar-refractivity contribution is -0.116. The van der Waals surface area contributed by atoms with Crippen LogP contribution >= 0.6 is 0 Å². The van der Waals surface area contributed by atoms with E-state index >= 15 is 0 Å². The van der Waals surface area contributed by atoms with Crippen molar-refractivity contribution in [3.63, 3.8) is 0 Å². The van der Waals surface area contributed by atoms with Crippen LogP contribution in [-0.2, 0) is 4.79 Å². The van der Waals surface area contributed by atoms with E-state index in [1.165, 1.54) is 23.2 Å². The molecule has 0 saturated carbocycles. The summed E-state index contributed by atoms with van der Waals surface area (Å²) in [6.07, 6.45) is 1.53. The Morgan fingerprint density at radius 2 is 1.74 bits per heavy atom. The van der Waals surface area contributed by atoms with Crippen molar-refractivity contribution in [1.82, 2.24) is 9.88 Å². The van der Waals surface area contributed by atoms with Crippen molar-refractivity contribution in [3.8, 4) is 22.8 Å². The van der Waals surface area contributed by atoms with E-state index in [4.69, 9.17) is 4.42 Å². The summed E-state index contributed by atoms with van der Waals surface area (Å²) >= 11 is 0. The zero-order valence-electron chi connectivity index (χ0n) is 19.1. The Morgan fingerprint density at radius 1 is 1.00 bits per heavy atom. The van der Waals surface area contributed by atoms with E-state index in [9.17, 15) is 14.0 Å². The number of likely N-dealkylation sites (N-methyl/N-ethyl adjacent to an activating group) is 1. The molecule has 0 aliphatic rings. The van der Waals surface area contributed by atoms with Crippen LogP contribution < -0.4 is 5.32 Å². The molecule has 6 nitrogen and oxygen atoms in total. The fourth-order valence-electron chi connectivity index (χ4n) is 3.57. The van der Waals surface area contributed by atoms with Crippen LogP contribution in [0.5, 0.6) is 0 Å². The lowest BCUT2D eigenvalue weighted by atomic mass is 10.1. The first-order valence-electron chi connectivity index (χ1n) is 10.8. The lowest BCUT2D eigenvalue weighted by Crippen LogP contribution is -2.35. The Kier molecular flexibility index (Phi) is 6.54. The van der Waals surface area contributed by atoms with Crippen molar-refractivity contribution in [3.05, 3.63) is 95.4 Å². The first kappa shape index (κ1) is 22.9. The van der Waals surface area contributed by atoms with Crippen molar-refractivity contribution in [2.45, 2.75) is 13.8 Å². The number of rotatable bonds is 6. The fourth-order valence-corrected chi connectivity index (χ4v) is 3.57. The number of benzene rings is 3. The molecule has 0 fully saturated rings. The Balaban J connectivity index is 1.52. The Morgan fingerprint density at radius 3 is 2.50 bits per heavy atom. The molecule has 0 atom stereocenters. The Labute approximate surface area is 197 Å². The third kappa shape index (κ3) is 4.88. The summed E-state index contributed by atoms with van der Waals surface area (Å²) < 4.78 is 19.1. The second-order valence-corrected chi connectivity index (χ2v) is 8.04. The topological polar surface area (TPSA) is 75.4 Å². The molecule has 4 aromatic rings. The number of oxazole rings is 1. The SMILES string of the molecule is Cc1cccc(NC(=O)CN(C)C(=O)c2ccccc2-c2ncc(-c3ccc(F)cc3)o2)c1C. The molecule has 0 aliphatic carbocycles. The van der Waals surface area contributed by atoms with Gasteiger partial charge in [0.15, 0.2) is 5.76 Å². The number of halogens is 1. The van der Waals surface area contributed by atoms with Crippen LogP contribution in [-0.4, -0.2) is 35.3 Å². The van der Waals surface area contributed by atoms with Gasteiger partial charge in [0, 0.05) is 23.9 Å². The lowest BCUT2D eigenvalue weighted by Gasteiger charge is -2.19. The van der Waals surface area contributed by atoms with Crippen LogP contribution in [0.3, 0.4) is 0 Å². The molecule has 7 heteroatoms. The summed E-state index contributed by atoms with van der Waals surface area (Å²) in [6.45, 7) is 3.79. The van der Waals surface area contributed by atoms with E-state index in [1.807, 2.05) is 32.0 Å². The van der Waals surface area contributed by atoms with Gasteiger partial charge in [0.2, 0.25) is 11.8 Å². The third-order valence-electron chi connectivity index (χ3n) is 5.63. The van der Waals surface area contributed by atoms with E-state index in [1.54, 1.807) is 43.4 Å². The highest BCUT2D eigenvalue weighted by molar-refractivity contribution is 6.03. The van der Waals surface area contributed by atoms with Crippen LogP contribution in [0, 0.1) is 19.7 Å².